The molecule has 0 bridgehead atoms. The van der Waals surface area contributed by atoms with Crippen molar-refractivity contribution in [1.29, 1.82) is 0 Å². The highest BCUT2D eigenvalue weighted by Gasteiger charge is 2.00. The van der Waals surface area contributed by atoms with Gasteiger partial charge in [0.05, 0.1) is 17.8 Å². The maximum atomic E-state index is 10.5. The second kappa shape index (κ2) is 8.63. The van der Waals surface area contributed by atoms with Crippen LogP contribution in [0.15, 0.2) is 59.1 Å². The van der Waals surface area contributed by atoms with Gasteiger partial charge in [0, 0.05) is 16.3 Å². The molecule has 0 spiro atoms. The molecule has 132 valence electrons. The molecule has 3 rings (SSSR count). The topological polar surface area (TPSA) is 59.4 Å². The number of carboxylic acids is 1. The van der Waals surface area contributed by atoms with Gasteiger partial charge in [-0.1, -0.05) is 46.3 Å². The molecule has 0 saturated carbocycles. The predicted molar refractivity (Wildman–Crippen MR) is 107 cm³/mol. The van der Waals surface area contributed by atoms with Gasteiger partial charge in [-0.25, -0.2) is 4.98 Å². The Morgan fingerprint density at radius 3 is 2.81 bits per heavy atom. The Bertz CT molecular complexity index is 953. The number of fused-ring (bicyclic) bond motifs is 1. The van der Waals surface area contributed by atoms with Crippen LogP contribution in [0, 0.1) is 0 Å². The van der Waals surface area contributed by atoms with Gasteiger partial charge in [0.15, 0.2) is 0 Å². The number of halogens is 1. The number of ether oxygens (including phenoxy) is 1. The zero-order valence-electron chi connectivity index (χ0n) is 14.1. The highest BCUT2D eigenvalue weighted by Crippen LogP contribution is 2.20. The number of nitrogens with zero attached hydrogens (tertiary/aromatic N) is 1. The molecular weight excluding hydrogens is 394 g/mol. The molecule has 1 aromatic heterocycles. The summed E-state index contributed by atoms with van der Waals surface area (Å²) in [4.78, 5) is 15.2. The quantitative estimate of drug-likeness (QED) is 0.527. The van der Waals surface area contributed by atoms with E-state index in [1.165, 1.54) is 0 Å². The molecular formula is C21H18BrNO3. The SMILES string of the molecule is O=C(O)CCCOc1cccc(/C=C/c2ccc3ccc(Br)cc3n2)c1. The number of benzene rings is 2. The summed E-state index contributed by atoms with van der Waals surface area (Å²) in [6, 6.07) is 17.8. The van der Waals surface area contributed by atoms with Crippen molar-refractivity contribution >= 4 is 45.0 Å². The molecule has 0 unspecified atom stereocenters. The molecule has 4 nitrogen and oxygen atoms in total. The summed E-state index contributed by atoms with van der Waals surface area (Å²) in [7, 11) is 0. The third-order valence-electron chi connectivity index (χ3n) is 3.78. The molecule has 0 aliphatic heterocycles. The van der Waals surface area contributed by atoms with E-state index in [0.717, 1.165) is 32.4 Å². The molecule has 0 aliphatic rings. The maximum Gasteiger partial charge on any atom is 0.303 e. The second-order valence-electron chi connectivity index (χ2n) is 5.82. The largest absolute Gasteiger partial charge is 0.494 e. The number of carboxylic acid groups (broad SMARTS) is 1. The lowest BCUT2D eigenvalue weighted by Gasteiger charge is -2.06. The summed E-state index contributed by atoms with van der Waals surface area (Å²) in [6.45, 7) is 0.389. The van der Waals surface area contributed by atoms with Crippen LogP contribution in [0.4, 0.5) is 0 Å². The Morgan fingerprint density at radius 2 is 1.96 bits per heavy atom. The first-order valence-corrected chi connectivity index (χ1v) is 9.08. The van der Waals surface area contributed by atoms with E-state index >= 15 is 0 Å². The summed E-state index contributed by atoms with van der Waals surface area (Å²) in [6.07, 6.45) is 4.55. The molecule has 0 fully saturated rings. The van der Waals surface area contributed by atoms with Gasteiger partial charge in [-0.05, 0) is 48.4 Å². The highest BCUT2D eigenvalue weighted by molar-refractivity contribution is 9.10. The van der Waals surface area contributed by atoms with Crippen LogP contribution in [0.1, 0.15) is 24.1 Å². The molecule has 0 atom stereocenters. The Kier molecular flexibility index (Phi) is 6.02. The van der Waals surface area contributed by atoms with Gasteiger partial charge in [0.25, 0.3) is 0 Å². The Labute approximate surface area is 160 Å². The number of aromatic nitrogens is 1. The van der Waals surface area contributed by atoms with Crippen LogP contribution < -0.4 is 4.74 Å². The van der Waals surface area contributed by atoms with Crippen LogP contribution in [0.5, 0.6) is 5.75 Å². The molecule has 26 heavy (non-hydrogen) atoms. The van der Waals surface area contributed by atoms with Crippen LogP contribution in [0.2, 0.25) is 0 Å². The number of rotatable bonds is 7. The average Bonchev–Trinajstić information content (AvgIpc) is 2.63. The zero-order chi connectivity index (χ0) is 18.4. The van der Waals surface area contributed by atoms with Crippen LogP contribution in [0.25, 0.3) is 23.1 Å². The first-order chi connectivity index (χ1) is 12.6. The third kappa shape index (κ3) is 5.17. The lowest BCUT2D eigenvalue weighted by atomic mass is 10.1. The number of pyridine rings is 1. The van der Waals surface area contributed by atoms with Crippen LogP contribution >= 0.6 is 15.9 Å². The summed E-state index contributed by atoms with van der Waals surface area (Å²) in [5.41, 5.74) is 2.82. The van der Waals surface area contributed by atoms with Crippen LogP contribution in [-0.2, 0) is 4.79 Å². The number of hydrogen-bond donors (Lipinski definition) is 1. The third-order valence-corrected chi connectivity index (χ3v) is 4.28. The van der Waals surface area contributed by atoms with E-state index in [1.54, 1.807) is 0 Å². The van der Waals surface area contributed by atoms with Gasteiger partial charge in [-0.15, -0.1) is 0 Å². The van der Waals surface area contributed by atoms with Crippen molar-refractivity contribution in [3.8, 4) is 5.75 Å². The molecule has 2 aromatic carbocycles. The smallest absolute Gasteiger partial charge is 0.303 e. The Hall–Kier alpha value is -2.66. The minimum absolute atomic E-state index is 0.114. The van der Waals surface area contributed by atoms with Crippen molar-refractivity contribution < 1.29 is 14.6 Å². The second-order valence-corrected chi connectivity index (χ2v) is 6.74. The first-order valence-electron chi connectivity index (χ1n) is 8.29. The fourth-order valence-electron chi connectivity index (χ4n) is 2.50. The van der Waals surface area contributed by atoms with Crippen molar-refractivity contribution in [3.63, 3.8) is 0 Å². The lowest BCUT2D eigenvalue weighted by Crippen LogP contribution is -2.02. The molecule has 1 N–H and O–H groups in total. The monoisotopic (exact) mass is 411 g/mol. The normalized spacial score (nSPS) is 11.1. The van der Waals surface area contributed by atoms with Crippen LogP contribution in [0.3, 0.4) is 0 Å². The maximum absolute atomic E-state index is 10.5. The van der Waals surface area contributed by atoms with Gasteiger partial charge in [-0.2, -0.15) is 0 Å². The van der Waals surface area contributed by atoms with E-state index in [2.05, 4.69) is 27.0 Å². The van der Waals surface area contributed by atoms with E-state index in [0.29, 0.717) is 13.0 Å². The minimum Gasteiger partial charge on any atom is -0.494 e. The van der Waals surface area contributed by atoms with Gasteiger partial charge < -0.3 is 9.84 Å². The van der Waals surface area contributed by atoms with Crippen molar-refractivity contribution in [1.82, 2.24) is 4.98 Å². The number of aliphatic carboxylic acids is 1. The van der Waals surface area contributed by atoms with Gasteiger partial charge in [0.2, 0.25) is 0 Å². The minimum atomic E-state index is -0.805. The summed E-state index contributed by atoms with van der Waals surface area (Å²) in [5, 5.41) is 9.74. The summed E-state index contributed by atoms with van der Waals surface area (Å²) >= 11 is 3.47. The summed E-state index contributed by atoms with van der Waals surface area (Å²) < 4.78 is 6.61. The molecule has 0 aliphatic carbocycles. The molecule has 3 aromatic rings. The average molecular weight is 412 g/mol. The molecule has 0 radical (unpaired) electrons. The van der Waals surface area contributed by atoms with Crippen molar-refractivity contribution in [2.45, 2.75) is 12.8 Å². The van der Waals surface area contributed by atoms with Gasteiger partial charge in [-0.3, -0.25) is 4.79 Å². The standard InChI is InChI=1S/C21H18BrNO3/c22-17-9-7-16-8-11-18(23-20(16)14-17)10-6-15-3-1-4-19(13-15)26-12-2-5-21(24)25/h1,3-4,6-11,13-14H,2,5,12H2,(H,24,25)/b10-6+. The van der Waals surface area contributed by atoms with Gasteiger partial charge in [0.1, 0.15) is 5.75 Å². The zero-order valence-corrected chi connectivity index (χ0v) is 15.6. The number of carbonyl (C=O) groups is 1. The van der Waals surface area contributed by atoms with E-state index in [1.807, 2.05) is 60.7 Å². The lowest BCUT2D eigenvalue weighted by molar-refractivity contribution is -0.137. The van der Waals surface area contributed by atoms with Crippen molar-refractivity contribution in [2.75, 3.05) is 6.61 Å². The van der Waals surface area contributed by atoms with Crippen LogP contribution in [-0.4, -0.2) is 22.7 Å². The van der Waals surface area contributed by atoms with E-state index in [9.17, 15) is 4.79 Å². The van der Waals surface area contributed by atoms with E-state index < -0.39 is 5.97 Å². The Balaban J connectivity index is 1.68. The van der Waals surface area contributed by atoms with Gasteiger partial charge >= 0.3 is 5.97 Å². The van der Waals surface area contributed by atoms with Crippen molar-refractivity contribution in [3.05, 3.63) is 70.3 Å². The number of hydrogen-bond acceptors (Lipinski definition) is 3. The first kappa shape index (κ1) is 18.1. The van der Waals surface area contributed by atoms with Crippen molar-refractivity contribution in [2.24, 2.45) is 0 Å². The summed E-state index contributed by atoms with van der Waals surface area (Å²) in [5.74, 6) is -0.0758. The fraction of sp³-hybridized carbons (Fsp3) is 0.143. The molecule has 1 heterocycles. The molecule has 5 heteroatoms. The predicted octanol–water partition coefficient (Wildman–Crippen LogP) is 5.41. The molecule has 0 saturated heterocycles. The van der Waals surface area contributed by atoms with E-state index in [4.69, 9.17) is 9.84 Å². The Morgan fingerprint density at radius 1 is 1.12 bits per heavy atom. The van der Waals surface area contributed by atoms with E-state index in [-0.39, 0.29) is 6.42 Å². The fourth-order valence-corrected chi connectivity index (χ4v) is 2.85. The highest BCUT2D eigenvalue weighted by atomic mass is 79.9. The molecule has 0 amide bonds.